The maximum atomic E-state index is 14.3. The number of benzene rings is 3. The van der Waals surface area contributed by atoms with Crippen molar-refractivity contribution in [3.8, 4) is 0 Å². The molecule has 0 radical (unpaired) electrons. The zero-order valence-electron chi connectivity index (χ0n) is 30.2. The Morgan fingerprint density at radius 1 is 0.827 bits per heavy atom. The number of nitrogens with one attached hydrogen (secondary N) is 5. The minimum Gasteiger partial charge on any atom is -0.375 e. The molecule has 52 heavy (non-hydrogen) atoms. The number of carbonyl (C=O) groups is 4. The second kappa shape index (κ2) is 19.6. The number of hydrogen-bond acceptors (Lipinski definition) is 6. The van der Waals surface area contributed by atoms with Crippen LogP contribution in [0.3, 0.4) is 0 Å². The molecule has 5 rings (SSSR count). The molecule has 4 aromatic rings. The normalized spacial score (nSPS) is 15.1. The summed E-state index contributed by atoms with van der Waals surface area (Å²) in [6.45, 7) is 3.56. The Morgan fingerprint density at radius 2 is 1.48 bits per heavy atom. The van der Waals surface area contributed by atoms with E-state index in [0.29, 0.717) is 57.8 Å². The number of H-pyrrole nitrogens is 1. The molecular formula is C41H52N6O5. The Hall–Kier alpha value is -5.00. The third kappa shape index (κ3) is 11.0. The molecule has 1 fully saturated rings. The first-order chi connectivity index (χ1) is 25.3. The summed E-state index contributed by atoms with van der Waals surface area (Å²) in [4.78, 5) is 58.6. The van der Waals surface area contributed by atoms with Gasteiger partial charge >= 0.3 is 0 Å². The van der Waals surface area contributed by atoms with Crippen LogP contribution in [-0.4, -0.2) is 84.9 Å². The lowest BCUT2D eigenvalue weighted by Crippen LogP contribution is -2.58. The third-order valence-corrected chi connectivity index (χ3v) is 9.78. The van der Waals surface area contributed by atoms with E-state index in [1.165, 1.54) is 12.5 Å². The van der Waals surface area contributed by atoms with E-state index in [1.54, 1.807) is 7.05 Å². The van der Waals surface area contributed by atoms with Crippen molar-refractivity contribution in [3.63, 3.8) is 0 Å². The van der Waals surface area contributed by atoms with Crippen LogP contribution in [0.1, 0.15) is 61.6 Å². The van der Waals surface area contributed by atoms with Gasteiger partial charge in [0.2, 0.25) is 23.6 Å². The second-order valence-electron chi connectivity index (χ2n) is 13.5. The number of fused-ring (bicyclic) bond motifs is 1. The number of likely N-dealkylation sites (N-methyl/N-ethyl adjacent to an activating group) is 1. The summed E-state index contributed by atoms with van der Waals surface area (Å²) in [6.07, 6.45) is 5.40. The predicted molar refractivity (Wildman–Crippen MR) is 202 cm³/mol. The van der Waals surface area contributed by atoms with Gasteiger partial charge in [-0.15, -0.1) is 0 Å². The van der Waals surface area contributed by atoms with Crippen LogP contribution in [0.2, 0.25) is 0 Å². The molecule has 1 saturated heterocycles. The highest BCUT2D eigenvalue weighted by atomic mass is 16.5. The molecule has 5 N–H and O–H groups in total. The zero-order chi connectivity index (χ0) is 36.7. The van der Waals surface area contributed by atoms with Crippen molar-refractivity contribution in [2.45, 2.75) is 76.1 Å². The van der Waals surface area contributed by atoms with Gasteiger partial charge in [-0.05, 0) is 67.8 Å². The van der Waals surface area contributed by atoms with Crippen LogP contribution < -0.4 is 21.3 Å². The van der Waals surface area contributed by atoms with Crippen molar-refractivity contribution in [1.82, 2.24) is 31.2 Å². The summed E-state index contributed by atoms with van der Waals surface area (Å²) in [5, 5.41) is 12.8. The average Bonchev–Trinajstić information content (AvgIpc) is 3.58. The molecular weight excluding hydrogens is 656 g/mol. The summed E-state index contributed by atoms with van der Waals surface area (Å²) in [6, 6.07) is 25.5. The molecule has 1 aromatic heterocycles. The van der Waals surface area contributed by atoms with Crippen molar-refractivity contribution in [3.05, 3.63) is 108 Å². The van der Waals surface area contributed by atoms with E-state index in [4.69, 9.17) is 4.74 Å². The van der Waals surface area contributed by atoms with Crippen LogP contribution >= 0.6 is 0 Å². The fraction of sp³-hybridized carbons (Fsp3) is 0.415. The number of amides is 4. The standard InChI is InChI=1S/C41H52N6O5/c1-29(48)43-22-12-11-19-36(45-40(50)38(42-2)28-52-27-30-13-5-3-6-14-30)39(49)46-37(25-33-26-44-35-18-10-9-17-34(33)35)41(51)47-23-20-32(21-24-47)31-15-7-4-8-16-31/h3-10,13-18,26,32,36-38,42,44H,11-12,19-25,27-28H2,1-2H3,(H,43,48)(H,45,50)(H,46,49)/t36-,37-,38-/m0/s1. The average molecular weight is 709 g/mol. The van der Waals surface area contributed by atoms with Gasteiger partial charge in [-0.2, -0.15) is 0 Å². The predicted octanol–water partition coefficient (Wildman–Crippen LogP) is 4.20. The van der Waals surface area contributed by atoms with Gasteiger partial charge in [-0.3, -0.25) is 19.2 Å². The Labute approximate surface area is 306 Å². The molecule has 0 unspecified atom stereocenters. The van der Waals surface area contributed by atoms with Crippen LogP contribution in [-0.2, 0) is 36.9 Å². The topological polar surface area (TPSA) is 145 Å². The molecule has 3 atom stereocenters. The molecule has 0 aliphatic carbocycles. The number of unbranched alkanes of at least 4 members (excludes halogenated alkanes) is 1. The van der Waals surface area contributed by atoms with Gasteiger partial charge in [-0.25, -0.2) is 0 Å². The fourth-order valence-corrected chi connectivity index (χ4v) is 6.81. The molecule has 0 spiro atoms. The summed E-state index contributed by atoms with van der Waals surface area (Å²) in [5.41, 5.74) is 4.15. The smallest absolute Gasteiger partial charge is 0.245 e. The monoisotopic (exact) mass is 708 g/mol. The Balaban J connectivity index is 1.29. The minimum atomic E-state index is -0.906. The number of piperidine rings is 1. The summed E-state index contributed by atoms with van der Waals surface area (Å²) in [7, 11) is 1.68. The number of carbonyl (C=O) groups excluding carboxylic acids is 4. The quantitative estimate of drug-likeness (QED) is 0.0981. The first-order valence-corrected chi connectivity index (χ1v) is 18.3. The highest BCUT2D eigenvalue weighted by Crippen LogP contribution is 2.28. The van der Waals surface area contributed by atoms with Gasteiger partial charge in [0.1, 0.15) is 18.1 Å². The maximum Gasteiger partial charge on any atom is 0.245 e. The molecule has 4 amide bonds. The van der Waals surface area contributed by atoms with E-state index in [-0.39, 0.29) is 24.3 Å². The number of aromatic amines is 1. The van der Waals surface area contributed by atoms with Crippen LogP contribution in [0, 0.1) is 0 Å². The van der Waals surface area contributed by atoms with Crippen LogP contribution in [0.15, 0.2) is 91.1 Å². The van der Waals surface area contributed by atoms with Gasteiger partial charge in [0.25, 0.3) is 0 Å². The first-order valence-electron chi connectivity index (χ1n) is 18.3. The van der Waals surface area contributed by atoms with E-state index < -0.39 is 24.0 Å². The first kappa shape index (κ1) is 38.2. The zero-order valence-corrected chi connectivity index (χ0v) is 30.2. The number of rotatable bonds is 18. The number of likely N-dealkylation sites (tertiary alicyclic amines) is 1. The second-order valence-corrected chi connectivity index (χ2v) is 13.5. The van der Waals surface area contributed by atoms with Crippen molar-refractivity contribution in [1.29, 1.82) is 0 Å². The van der Waals surface area contributed by atoms with Crippen molar-refractivity contribution < 1.29 is 23.9 Å². The SMILES string of the molecule is CN[C@@H](COCc1ccccc1)C(=O)N[C@@H](CCCCNC(C)=O)C(=O)N[C@@H](Cc1c[nH]c2ccccc12)C(=O)N1CCC(c2ccccc2)CC1. The van der Waals surface area contributed by atoms with Crippen molar-refractivity contribution in [2.75, 3.05) is 33.3 Å². The van der Waals surface area contributed by atoms with Gasteiger partial charge in [0.15, 0.2) is 0 Å². The van der Waals surface area contributed by atoms with E-state index in [9.17, 15) is 19.2 Å². The van der Waals surface area contributed by atoms with Crippen LogP contribution in [0.4, 0.5) is 0 Å². The van der Waals surface area contributed by atoms with Gasteiger partial charge in [0, 0.05) is 50.1 Å². The van der Waals surface area contributed by atoms with Crippen LogP contribution in [0.25, 0.3) is 10.9 Å². The van der Waals surface area contributed by atoms with Gasteiger partial charge in [0.05, 0.1) is 13.2 Å². The largest absolute Gasteiger partial charge is 0.375 e. The molecule has 11 nitrogen and oxygen atoms in total. The maximum absolute atomic E-state index is 14.3. The minimum absolute atomic E-state index is 0.106. The van der Waals surface area contributed by atoms with Crippen molar-refractivity contribution >= 4 is 34.5 Å². The lowest BCUT2D eigenvalue weighted by molar-refractivity contribution is -0.138. The molecule has 1 aliphatic heterocycles. The lowest BCUT2D eigenvalue weighted by Gasteiger charge is -2.35. The number of para-hydroxylation sites is 1. The summed E-state index contributed by atoms with van der Waals surface area (Å²) in [5.74, 6) is -0.684. The Bertz CT molecular complexity index is 1740. The van der Waals surface area contributed by atoms with E-state index >= 15 is 0 Å². The highest BCUT2D eigenvalue weighted by Gasteiger charge is 2.33. The fourth-order valence-electron chi connectivity index (χ4n) is 6.81. The molecule has 0 saturated carbocycles. The molecule has 2 heterocycles. The number of ether oxygens (including phenoxy) is 1. The lowest BCUT2D eigenvalue weighted by atomic mass is 9.89. The number of hydrogen-bond donors (Lipinski definition) is 5. The van der Waals surface area contributed by atoms with Crippen molar-refractivity contribution in [2.24, 2.45) is 0 Å². The third-order valence-electron chi connectivity index (χ3n) is 9.78. The number of aromatic nitrogens is 1. The molecule has 11 heteroatoms. The number of nitrogens with zero attached hydrogens (tertiary/aromatic N) is 1. The van der Waals surface area contributed by atoms with Gasteiger partial charge in [-0.1, -0.05) is 78.9 Å². The molecule has 0 bridgehead atoms. The Kier molecular flexibility index (Phi) is 14.4. The molecule has 1 aliphatic rings. The molecule has 3 aromatic carbocycles. The van der Waals surface area contributed by atoms with E-state index in [2.05, 4.69) is 38.4 Å². The Morgan fingerprint density at radius 3 is 2.19 bits per heavy atom. The summed E-state index contributed by atoms with van der Waals surface area (Å²) >= 11 is 0. The highest BCUT2D eigenvalue weighted by molar-refractivity contribution is 5.94. The van der Waals surface area contributed by atoms with E-state index in [1.807, 2.05) is 83.9 Å². The van der Waals surface area contributed by atoms with Gasteiger partial charge < -0.3 is 35.9 Å². The summed E-state index contributed by atoms with van der Waals surface area (Å²) < 4.78 is 5.85. The van der Waals surface area contributed by atoms with Crippen LogP contribution in [0.5, 0.6) is 0 Å². The van der Waals surface area contributed by atoms with E-state index in [0.717, 1.165) is 34.9 Å². The molecule has 276 valence electrons.